The lowest BCUT2D eigenvalue weighted by atomic mass is 9.65. The van der Waals surface area contributed by atoms with Gasteiger partial charge in [0.05, 0.1) is 16.6 Å². The van der Waals surface area contributed by atoms with E-state index in [1.807, 2.05) is 6.20 Å². The molecule has 0 amide bonds. The van der Waals surface area contributed by atoms with E-state index in [9.17, 15) is 0 Å². The van der Waals surface area contributed by atoms with E-state index in [2.05, 4.69) is 89.4 Å². The average molecular weight is 421 g/mol. The zero-order valence-electron chi connectivity index (χ0n) is 21.0. The minimum Gasteiger partial charge on any atom is -0.336 e. The van der Waals surface area contributed by atoms with Crippen molar-refractivity contribution in [2.24, 2.45) is 16.7 Å². The molecule has 2 atom stereocenters. The molecule has 2 unspecified atom stereocenters. The third kappa shape index (κ3) is 5.16. The topological polar surface area (TPSA) is 17.8 Å². The van der Waals surface area contributed by atoms with Crippen molar-refractivity contribution in [1.82, 2.24) is 9.55 Å². The van der Waals surface area contributed by atoms with Gasteiger partial charge in [-0.25, -0.2) is 0 Å². The van der Waals surface area contributed by atoms with Crippen LogP contribution in [-0.4, -0.2) is 9.55 Å². The Morgan fingerprint density at radius 1 is 0.871 bits per heavy atom. The molecule has 2 nitrogen and oxygen atoms in total. The van der Waals surface area contributed by atoms with Crippen molar-refractivity contribution < 1.29 is 0 Å². The van der Waals surface area contributed by atoms with Crippen LogP contribution < -0.4 is 0 Å². The molecule has 0 saturated carbocycles. The number of benzene rings is 1. The van der Waals surface area contributed by atoms with Crippen molar-refractivity contribution in [3.63, 3.8) is 0 Å². The third-order valence-corrected chi connectivity index (χ3v) is 7.58. The van der Waals surface area contributed by atoms with Crippen LogP contribution in [0.5, 0.6) is 0 Å². The number of rotatable bonds is 11. The van der Waals surface area contributed by atoms with Crippen LogP contribution in [0, 0.1) is 16.7 Å². The Morgan fingerprint density at radius 3 is 2.29 bits per heavy atom. The molecule has 0 N–H and O–H groups in total. The SMILES string of the molecule is CCCCCC(C)(C)CC(C(C)n1c2ccccc2c2ncccc21)C(C)(C)CCC. The van der Waals surface area contributed by atoms with E-state index < -0.39 is 0 Å². The Labute approximate surface area is 190 Å². The van der Waals surface area contributed by atoms with E-state index in [4.69, 9.17) is 4.98 Å². The summed E-state index contributed by atoms with van der Waals surface area (Å²) in [7, 11) is 0. The highest BCUT2D eigenvalue weighted by Gasteiger charge is 2.38. The molecule has 0 bridgehead atoms. The van der Waals surface area contributed by atoms with Gasteiger partial charge in [-0.1, -0.05) is 85.4 Å². The number of para-hydroxylation sites is 1. The van der Waals surface area contributed by atoms with Crippen molar-refractivity contribution in [3.8, 4) is 0 Å². The second kappa shape index (κ2) is 9.76. The number of pyridine rings is 1. The second-order valence-electron chi connectivity index (χ2n) is 11.2. The quantitative estimate of drug-likeness (QED) is 0.283. The monoisotopic (exact) mass is 420 g/mol. The van der Waals surface area contributed by atoms with Crippen molar-refractivity contribution in [1.29, 1.82) is 0 Å². The molecule has 3 aromatic rings. The standard InChI is InChI=1S/C29H44N2/c1-8-10-13-19-28(4,5)21-24(29(6,7)18-9-2)22(3)31-25-16-12-11-15-23(25)27-26(31)17-14-20-30-27/h11-12,14-17,20,22,24H,8-10,13,18-19,21H2,1-7H3. The van der Waals surface area contributed by atoms with Gasteiger partial charge in [0.15, 0.2) is 0 Å². The summed E-state index contributed by atoms with van der Waals surface area (Å²) >= 11 is 0. The van der Waals surface area contributed by atoms with Gasteiger partial charge in [0.2, 0.25) is 0 Å². The Morgan fingerprint density at radius 2 is 1.58 bits per heavy atom. The van der Waals surface area contributed by atoms with Crippen LogP contribution in [0.4, 0.5) is 0 Å². The molecule has 1 aromatic carbocycles. The molecular weight excluding hydrogens is 376 g/mol. The second-order valence-corrected chi connectivity index (χ2v) is 11.2. The first-order valence-corrected chi connectivity index (χ1v) is 12.6. The molecule has 31 heavy (non-hydrogen) atoms. The number of hydrogen-bond donors (Lipinski definition) is 0. The summed E-state index contributed by atoms with van der Waals surface area (Å²) < 4.78 is 2.60. The fourth-order valence-corrected chi connectivity index (χ4v) is 5.91. The van der Waals surface area contributed by atoms with Crippen LogP contribution in [0.1, 0.15) is 99.5 Å². The molecule has 0 aliphatic carbocycles. The maximum Gasteiger partial charge on any atom is 0.0959 e. The summed E-state index contributed by atoms with van der Waals surface area (Å²) in [5.41, 5.74) is 4.38. The molecule has 2 heterocycles. The number of fused-ring (bicyclic) bond motifs is 3. The molecule has 170 valence electrons. The van der Waals surface area contributed by atoms with Gasteiger partial charge >= 0.3 is 0 Å². The Kier molecular flexibility index (Phi) is 7.50. The predicted octanol–water partition coefficient (Wildman–Crippen LogP) is 9.19. The van der Waals surface area contributed by atoms with Crippen LogP contribution in [0.2, 0.25) is 0 Å². The van der Waals surface area contributed by atoms with Crippen LogP contribution in [0.3, 0.4) is 0 Å². The summed E-state index contributed by atoms with van der Waals surface area (Å²) in [4.78, 5) is 4.77. The first-order chi connectivity index (χ1) is 14.7. The highest BCUT2D eigenvalue weighted by molar-refractivity contribution is 6.05. The average Bonchev–Trinajstić information content (AvgIpc) is 3.06. The summed E-state index contributed by atoms with van der Waals surface area (Å²) in [6.45, 7) is 17.1. The maximum atomic E-state index is 4.77. The van der Waals surface area contributed by atoms with Crippen molar-refractivity contribution >= 4 is 21.9 Å². The number of nitrogens with zero attached hydrogens (tertiary/aromatic N) is 2. The summed E-state index contributed by atoms with van der Waals surface area (Å²) in [6, 6.07) is 13.6. The molecule has 0 aliphatic heterocycles. The van der Waals surface area contributed by atoms with E-state index >= 15 is 0 Å². The predicted molar refractivity (Wildman–Crippen MR) is 137 cm³/mol. The molecule has 0 aliphatic rings. The van der Waals surface area contributed by atoms with Crippen molar-refractivity contribution in [3.05, 3.63) is 42.6 Å². The summed E-state index contributed by atoms with van der Waals surface area (Å²) in [5, 5.41) is 1.28. The van der Waals surface area contributed by atoms with Crippen LogP contribution in [-0.2, 0) is 0 Å². The molecular formula is C29H44N2. The van der Waals surface area contributed by atoms with Crippen LogP contribution in [0.25, 0.3) is 21.9 Å². The first kappa shape index (κ1) is 23.8. The normalized spacial score (nSPS) is 14.9. The van der Waals surface area contributed by atoms with E-state index in [1.165, 1.54) is 61.4 Å². The van der Waals surface area contributed by atoms with Crippen LogP contribution in [0.15, 0.2) is 42.6 Å². The van der Waals surface area contributed by atoms with E-state index in [1.54, 1.807) is 0 Å². The Hall–Kier alpha value is -1.83. The van der Waals surface area contributed by atoms with Gasteiger partial charge in [0, 0.05) is 17.6 Å². The van der Waals surface area contributed by atoms with Gasteiger partial charge in [-0.3, -0.25) is 4.98 Å². The molecule has 3 rings (SSSR count). The number of unbranched alkanes of at least 4 members (excludes halogenated alkanes) is 2. The minimum absolute atomic E-state index is 0.288. The fourth-order valence-electron chi connectivity index (χ4n) is 5.91. The molecule has 2 aromatic heterocycles. The lowest BCUT2D eigenvalue weighted by molar-refractivity contribution is 0.0823. The van der Waals surface area contributed by atoms with Gasteiger partial charge < -0.3 is 4.57 Å². The number of hydrogen-bond acceptors (Lipinski definition) is 1. The highest BCUT2D eigenvalue weighted by atomic mass is 15.0. The van der Waals surface area contributed by atoms with Gasteiger partial charge in [-0.2, -0.15) is 0 Å². The number of aromatic nitrogens is 2. The zero-order valence-corrected chi connectivity index (χ0v) is 21.0. The fraction of sp³-hybridized carbons (Fsp3) is 0.621. The van der Waals surface area contributed by atoms with Crippen molar-refractivity contribution in [2.45, 2.75) is 99.5 Å². The largest absolute Gasteiger partial charge is 0.336 e. The zero-order chi connectivity index (χ0) is 22.6. The van der Waals surface area contributed by atoms with Gasteiger partial charge in [-0.05, 0) is 61.1 Å². The van der Waals surface area contributed by atoms with E-state index in [-0.39, 0.29) is 5.41 Å². The lowest BCUT2D eigenvalue weighted by Gasteiger charge is -2.43. The maximum absolute atomic E-state index is 4.77. The van der Waals surface area contributed by atoms with Gasteiger partial charge in [0.25, 0.3) is 0 Å². The Balaban J connectivity index is 2.07. The first-order valence-electron chi connectivity index (χ1n) is 12.6. The summed E-state index contributed by atoms with van der Waals surface area (Å²) in [6.07, 6.45) is 11.0. The van der Waals surface area contributed by atoms with Crippen LogP contribution >= 0.6 is 0 Å². The van der Waals surface area contributed by atoms with Crippen molar-refractivity contribution in [2.75, 3.05) is 0 Å². The molecule has 0 fully saturated rings. The van der Waals surface area contributed by atoms with Gasteiger partial charge in [0.1, 0.15) is 0 Å². The Bertz CT molecular complexity index is 925. The minimum atomic E-state index is 0.288. The lowest BCUT2D eigenvalue weighted by Crippen LogP contribution is -2.35. The smallest absolute Gasteiger partial charge is 0.0959 e. The molecule has 2 heteroatoms. The molecule has 0 radical (unpaired) electrons. The highest BCUT2D eigenvalue weighted by Crippen LogP contribution is 2.48. The molecule has 0 saturated heterocycles. The molecule has 0 spiro atoms. The summed E-state index contributed by atoms with van der Waals surface area (Å²) in [5.74, 6) is 0.600. The van der Waals surface area contributed by atoms with E-state index in [0.717, 1.165) is 5.52 Å². The van der Waals surface area contributed by atoms with E-state index in [0.29, 0.717) is 17.4 Å². The third-order valence-electron chi connectivity index (χ3n) is 7.58. The van der Waals surface area contributed by atoms with Gasteiger partial charge in [-0.15, -0.1) is 0 Å².